The number of carbonyl (C=O) groups excluding carboxylic acids is 1. The molecule has 94 valence electrons. The van der Waals surface area contributed by atoms with Crippen LogP contribution in [-0.4, -0.2) is 12.5 Å². The molecule has 1 atom stereocenters. The van der Waals surface area contributed by atoms with Crippen molar-refractivity contribution in [3.63, 3.8) is 0 Å². The van der Waals surface area contributed by atoms with Crippen molar-refractivity contribution in [2.24, 2.45) is 11.1 Å². The molecule has 0 radical (unpaired) electrons. The minimum atomic E-state index is -0.526. The van der Waals surface area contributed by atoms with Gasteiger partial charge in [-0.25, -0.2) is 0 Å². The van der Waals surface area contributed by atoms with Gasteiger partial charge in [0.05, 0.1) is 11.1 Å². The van der Waals surface area contributed by atoms with Gasteiger partial charge in [-0.2, -0.15) is 0 Å². The zero-order valence-electron chi connectivity index (χ0n) is 9.89. The van der Waals surface area contributed by atoms with Crippen LogP contribution in [-0.2, 0) is 4.79 Å². The van der Waals surface area contributed by atoms with Crippen molar-refractivity contribution >= 4 is 43.5 Å². The molecule has 17 heavy (non-hydrogen) atoms. The van der Waals surface area contributed by atoms with Crippen molar-refractivity contribution in [2.45, 2.75) is 20.3 Å². The molecular formula is C12H16Br2N2O. The number of nitrogens with two attached hydrogens (primary N) is 1. The first kappa shape index (κ1) is 14.7. The summed E-state index contributed by atoms with van der Waals surface area (Å²) >= 11 is 6.78. The van der Waals surface area contributed by atoms with E-state index in [1.165, 1.54) is 0 Å². The summed E-state index contributed by atoms with van der Waals surface area (Å²) in [5, 5.41) is 2.90. The standard InChI is InChI=1S/C12H16Br2N2O/c1-3-12(2,7-15)11(17)16-10-6-8(13)4-5-9(10)14/h4-6H,3,7,15H2,1-2H3,(H,16,17). The van der Waals surface area contributed by atoms with Crippen LogP contribution in [0.15, 0.2) is 27.1 Å². The van der Waals surface area contributed by atoms with Crippen molar-refractivity contribution in [1.29, 1.82) is 0 Å². The molecule has 0 heterocycles. The van der Waals surface area contributed by atoms with Crippen LogP contribution in [0.3, 0.4) is 0 Å². The van der Waals surface area contributed by atoms with Crippen LogP contribution in [0.5, 0.6) is 0 Å². The Morgan fingerprint density at radius 3 is 2.65 bits per heavy atom. The Kier molecular flexibility index (Phi) is 5.16. The quantitative estimate of drug-likeness (QED) is 0.859. The Morgan fingerprint density at radius 1 is 1.47 bits per heavy atom. The molecule has 1 unspecified atom stereocenters. The first-order chi connectivity index (χ1) is 7.92. The van der Waals surface area contributed by atoms with Crippen LogP contribution in [0.4, 0.5) is 5.69 Å². The molecule has 5 heteroatoms. The summed E-state index contributed by atoms with van der Waals surface area (Å²) in [5.41, 5.74) is 5.88. The highest BCUT2D eigenvalue weighted by Crippen LogP contribution is 2.29. The Morgan fingerprint density at radius 2 is 2.12 bits per heavy atom. The van der Waals surface area contributed by atoms with E-state index in [0.29, 0.717) is 13.0 Å². The molecule has 0 saturated carbocycles. The maximum absolute atomic E-state index is 12.1. The minimum Gasteiger partial charge on any atom is -0.329 e. The fraction of sp³-hybridized carbons (Fsp3) is 0.417. The van der Waals surface area contributed by atoms with Crippen LogP contribution < -0.4 is 11.1 Å². The van der Waals surface area contributed by atoms with Gasteiger partial charge in [-0.1, -0.05) is 22.9 Å². The third-order valence-corrected chi connectivity index (χ3v) is 4.14. The molecule has 0 saturated heterocycles. The highest BCUT2D eigenvalue weighted by Gasteiger charge is 2.29. The van der Waals surface area contributed by atoms with Crippen molar-refractivity contribution < 1.29 is 4.79 Å². The zero-order chi connectivity index (χ0) is 13.1. The van der Waals surface area contributed by atoms with Gasteiger partial charge in [0.15, 0.2) is 0 Å². The lowest BCUT2D eigenvalue weighted by atomic mass is 9.86. The number of halogens is 2. The Labute approximate surface area is 118 Å². The number of nitrogens with one attached hydrogen (secondary N) is 1. The van der Waals surface area contributed by atoms with E-state index in [4.69, 9.17) is 5.73 Å². The van der Waals surface area contributed by atoms with E-state index in [1.807, 2.05) is 32.0 Å². The summed E-state index contributed by atoms with van der Waals surface area (Å²) in [6, 6.07) is 5.64. The van der Waals surface area contributed by atoms with Gasteiger partial charge >= 0.3 is 0 Å². The van der Waals surface area contributed by atoms with Gasteiger partial charge in [0.1, 0.15) is 0 Å². The molecule has 0 aromatic heterocycles. The molecule has 1 aromatic carbocycles. The molecule has 0 aliphatic carbocycles. The van der Waals surface area contributed by atoms with E-state index in [-0.39, 0.29) is 5.91 Å². The lowest BCUT2D eigenvalue weighted by molar-refractivity contribution is -0.124. The van der Waals surface area contributed by atoms with E-state index >= 15 is 0 Å². The SMILES string of the molecule is CCC(C)(CN)C(=O)Nc1cc(Br)ccc1Br. The Balaban J connectivity index is 2.91. The van der Waals surface area contributed by atoms with Crippen molar-refractivity contribution in [3.05, 3.63) is 27.1 Å². The summed E-state index contributed by atoms with van der Waals surface area (Å²) in [6.45, 7) is 4.16. The number of benzene rings is 1. The topological polar surface area (TPSA) is 55.1 Å². The second-order valence-corrected chi connectivity index (χ2v) is 5.97. The molecule has 0 bridgehead atoms. The molecular weight excluding hydrogens is 348 g/mol. The molecule has 1 aromatic rings. The van der Waals surface area contributed by atoms with Crippen molar-refractivity contribution in [3.8, 4) is 0 Å². The summed E-state index contributed by atoms with van der Waals surface area (Å²) in [7, 11) is 0. The number of hydrogen-bond donors (Lipinski definition) is 2. The average molecular weight is 364 g/mol. The van der Waals surface area contributed by atoms with Crippen LogP contribution in [0, 0.1) is 5.41 Å². The van der Waals surface area contributed by atoms with E-state index in [1.54, 1.807) is 0 Å². The minimum absolute atomic E-state index is 0.0544. The van der Waals surface area contributed by atoms with E-state index in [0.717, 1.165) is 14.6 Å². The van der Waals surface area contributed by atoms with Crippen LogP contribution >= 0.6 is 31.9 Å². The molecule has 0 aliphatic heterocycles. The maximum Gasteiger partial charge on any atom is 0.231 e. The second-order valence-electron chi connectivity index (χ2n) is 4.20. The number of carbonyl (C=O) groups is 1. The lowest BCUT2D eigenvalue weighted by Crippen LogP contribution is -2.39. The highest BCUT2D eigenvalue weighted by atomic mass is 79.9. The highest BCUT2D eigenvalue weighted by molar-refractivity contribution is 9.11. The predicted molar refractivity (Wildman–Crippen MR) is 77.9 cm³/mol. The monoisotopic (exact) mass is 362 g/mol. The van der Waals surface area contributed by atoms with Crippen molar-refractivity contribution in [1.82, 2.24) is 0 Å². The molecule has 1 amide bonds. The number of rotatable bonds is 4. The largest absolute Gasteiger partial charge is 0.329 e. The van der Waals surface area contributed by atoms with Gasteiger partial charge in [-0.3, -0.25) is 4.79 Å². The molecule has 0 spiro atoms. The van der Waals surface area contributed by atoms with Gasteiger partial charge in [0, 0.05) is 15.5 Å². The fourth-order valence-electron chi connectivity index (χ4n) is 1.26. The van der Waals surface area contributed by atoms with Crippen molar-refractivity contribution in [2.75, 3.05) is 11.9 Å². The average Bonchev–Trinajstić information content (AvgIpc) is 2.32. The molecule has 3 N–H and O–H groups in total. The van der Waals surface area contributed by atoms with Gasteiger partial charge < -0.3 is 11.1 Å². The zero-order valence-corrected chi connectivity index (χ0v) is 13.1. The Bertz CT molecular complexity index is 417. The summed E-state index contributed by atoms with van der Waals surface area (Å²) < 4.78 is 1.77. The third kappa shape index (κ3) is 3.53. The fourth-order valence-corrected chi connectivity index (χ4v) is 1.97. The van der Waals surface area contributed by atoms with Crippen LogP contribution in [0.1, 0.15) is 20.3 Å². The van der Waals surface area contributed by atoms with E-state index in [9.17, 15) is 4.79 Å². The van der Waals surface area contributed by atoms with Gasteiger partial charge in [-0.15, -0.1) is 0 Å². The molecule has 0 fully saturated rings. The molecule has 0 aliphatic rings. The Hall–Kier alpha value is -0.390. The number of anilines is 1. The molecule has 3 nitrogen and oxygen atoms in total. The summed E-state index contributed by atoms with van der Waals surface area (Å²) in [4.78, 5) is 12.1. The van der Waals surface area contributed by atoms with Crippen LogP contribution in [0.2, 0.25) is 0 Å². The third-order valence-electron chi connectivity index (χ3n) is 2.96. The predicted octanol–water partition coefficient (Wildman–Crippen LogP) is 3.53. The summed E-state index contributed by atoms with van der Waals surface area (Å²) in [5.74, 6) is -0.0544. The second kappa shape index (κ2) is 5.98. The first-order valence-corrected chi connectivity index (χ1v) is 6.98. The normalized spacial score (nSPS) is 14.2. The maximum atomic E-state index is 12.1. The van der Waals surface area contributed by atoms with E-state index < -0.39 is 5.41 Å². The lowest BCUT2D eigenvalue weighted by Gasteiger charge is -2.25. The van der Waals surface area contributed by atoms with E-state index in [2.05, 4.69) is 37.2 Å². The number of hydrogen-bond acceptors (Lipinski definition) is 2. The smallest absolute Gasteiger partial charge is 0.231 e. The van der Waals surface area contributed by atoms with Gasteiger partial charge in [0.25, 0.3) is 0 Å². The first-order valence-electron chi connectivity index (χ1n) is 5.39. The van der Waals surface area contributed by atoms with Crippen LogP contribution in [0.25, 0.3) is 0 Å². The van der Waals surface area contributed by atoms with Gasteiger partial charge in [0.2, 0.25) is 5.91 Å². The summed E-state index contributed by atoms with van der Waals surface area (Å²) in [6.07, 6.45) is 0.709. The number of amides is 1. The van der Waals surface area contributed by atoms with Gasteiger partial charge in [-0.05, 0) is 47.5 Å². The molecule has 1 rings (SSSR count).